The van der Waals surface area contributed by atoms with Gasteiger partial charge in [0.15, 0.2) is 9.84 Å². The number of aromatic nitrogens is 2. The number of benzene rings is 1. The Labute approximate surface area is 174 Å². The summed E-state index contributed by atoms with van der Waals surface area (Å²) < 4.78 is 41.7. The molecule has 0 atom stereocenters. The lowest BCUT2D eigenvalue weighted by Gasteiger charge is -2.14. The van der Waals surface area contributed by atoms with Gasteiger partial charge in [0.05, 0.1) is 7.11 Å². The average molecular weight is 434 g/mol. The highest BCUT2D eigenvalue weighted by molar-refractivity contribution is 7.93. The van der Waals surface area contributed by atoms with Crippen molar-refractivity contribution < 1.29 is 22.3 Å². The summed E-state index contributed by atoms with van der Waals surface area (Å²) in [6, 6.07) is 4.53. The molecule has 2 N–H and O–H groups in total. The number of carbonyl (C=O) groups excluding carboxylic acids is 1. The minimum absolute atomic E-state index is 0.0247. The van der Waals surface area contributed by atoms with Gasteiger partial charge >= 0.3 is 0 Å². The van der Waals surface area contributed by atoms with Gasteiger partial charge in [-0.05, 0) is 25.0 Å². The van der Waals surface area contributed by atoms with E-state index in [0.717, 1.165) is 24.5 Å². The number of ether oxygens (including phenoxy) is 1. The van der Waals surface area contributed by atoms with Crippen LogP contribution in [0, 0.1) is 5.82 Å². The van der Waals surface area contributed by atoms with Gasteiger partial charge in [0.1, 0.15) is 28.8 Å². The first-order valence-electron chi connectivity index (χ1n) is 9.35. The fraction of sp³-hybridized carbons (Fsp3) is 0.350. The van der Waals surface area contributed by atoms with Gasteiger partial charge in [0.25, 0.3) is 5.91 Å². The maximum absolute atomic E-state index is 14.2. The van der Waals surface area contributed by atoms with Crippen LogP contribution in [0.25, 0.3) is 0 Å². The van der Waals surface area contributed by atoms with Crippen molar-refractivity contribution in [3.63, 3.8) is 0 Å². The van der Waals surface area contributed by atoms with Gasteiger partial charge in [-0.15, -0.1) is 0 Å². The van der Waals surface area contributed by atoms with Crippen LogP contribution in [0.1, 0.15) is 40.5 Å². The number of anilines is 1. The highest BCUT2D eigenvalue weighted by atomic mass is 32.2. The zero-order chi connectivity index (χ0) is 21.7. The molecule has 0 radical (unpaired) electrons. The van der Waals surface area contributed by atoms with E-state index in [9.17, 15) is 17.6 Å². The summed E-state index contributed by atoms with van der Waals surface area (Å²) in [5.74, 6) is 0.654. The quantitative estimate of drug-likeness (QED) is 0.624. The molecule has 0 spiro atoms. The first-order valence-corrected chi connectivity index (χ1v) is 11.3. The number of methoxy groups -OCH3 is 1. The molecule has 1 fully saturated rings. The molecule has 1 heterocycles. The van der Waals surface area contributed by atoms with Crippen LogP contribution < -0.4 is 15.4 Å². The molecule has 10 heteroatoms. The Morgan fingerprint density at radius 3 is 2.80 bits per heavy atom. The molecule has 1 aromatic heterocycles. The van der Waals surface area contributed by atoms with Crippen molar-refractivity contribution >= 4 is 21.6 Å². The van der Waals surface area contributed by atoms with E-state index in [1.165, 1.54) is 25.4 Å². The summed E-state index contributed by atoms with van der Waals surface area (Å²) in [6.07, 6.45) is 5.81. The smallest absolute Gasteiger partial charge is 0.256 e. The molecule has 0 saturated heterocycles. The minimum atomic E-state index is -3.27. The van der Waals surface area contributed by atoms with Gasteiger partial charge in [-0.1, -0.05) is 12.1 Å². The molecule has 1 saturated carbocycles. The van der Waals surface area contributed by atoms with Crippen LogP contribution in [-0.2, 0) is 16.4 Å². The predicted octanol–water partition coefficient (Wildman–Crippen LogP) is 2.40. The normalized spacial score (nSPS) is 14.0. The van der Waals surface area contributed by atoms with E-state index < -0.39 is 21.6 Å². The van der Waals surface area contributed by atoms with Crippen molar-refractivity contribution in [1.29, 1.82) is 0 Å². The van der Waals surface area contributed by atoms with Crippen LogP contribution in [0.2, 0.25) is 0 Å². The van der Waals surface area contributed by atoms with Crippen LogP contribution in [-0.4, -0.2) is 44.2 Å². The highest BCUT2D eigenvalue weighted by Crippen LogP contribution is 2.38. The summed E-state index contributed by atoms with van der Waals surface area (Å²) in [6.45, 7) is 0.0854. The summed E-state index contributed by atoms with van der Waals surface area (Å²) in [4.78, 5) is 21.3. The lowest BCUT2D eigenvalue weighted by molar-refractivity contribution is 0.0958. The van der Waals surface area contributed by atoms with E-state index in [4.69, 9.17) is 4.74 Å². The van der Waals surface area contributed by atoms with Crippen molar-refractivity contribution in [2.75, 3.05) is 25.2 Å². The van der Waals surface area contributed by atoms with Crippen molar-refractivity contribution in [2.45, 2.75) is 25.3 Å². The fourth-order valence-corrected chi connectivity index (χ4v) is 3.22. The zero-order valence-corrected chi connectivity index (χ0v) is 17.5. The minimum Gasteiger partial charge on any atom is -0.496 e. The Bertz CT molecular complexity index is 1070. The van der Waals surface area contributed by atoms with Crippen LogP contribution in [0.5, 0.6) is 5.75 Å². The molecule has 1 amide bonds. The summed E-state index contributed by atoms with van der Waals surface area (Å²) in [5.41, 5.74) is 0.497. The van der Waals surface area contributed by atoms with E-state index >= 15 is 0 Å². The Balaban J connectivity index is 1.79. The molecule has 8 nitrogen and oxygen atoms in total. The summed E-state index contributed by atoms with van der Waals surface area (Å²) in [7, 11) is -1.81. The number of hydrogen-bond acceptors (Lipinski definition) is 7. The molecular weight excluding hydrogens is 411 g/mol. The molecule has 2 aromatic rings. The van der Waals surface area contributed by atoms with Gasteiger partial charge in [-0.2, -0.15) is 0 Å². The van der Waals surface area contributed by atoms with Gasteiger partial charge in [-0.25, -0.2) is 22.8 Å². The van der Waals surface area contributed by atoms with Gasteiger partial charge in [0.2, 0.25) is 0 Å². The number of hydrogen-bond donors (Lipinski definition) is 2. The SMILES string of the molecule is COc1cccc(F)c1CNc1nc(C2CC2)ncc1C(=O)NC/C=C/S(C)(=O)=O. The molecule has 0 bridgehead atoms. The second-order valence-corrected chi connectivity index (χ2v) is 8.88. The van der Waals surface area contributed by atoms with Crippen LogP contribution in [0.4, 0.5) is 10.2 Å². The van der Waals surface area contributed by atoms with E-state index in [-0.39, 0.29) is 30.4 Å². The Morgan fingerprint density at radius 2 is 2.13 bits per heavy atom. The van der Waals surface area contributed by atoms with Crippen molar-refractivity contribution in [2.24, 2.45) is 0 Å². The molecule has 160 valence electrons. The fourth-order valence-electron chi connectivity index (χ4n) is 2.78. The number of nitrogens with zero attached hydrogens (tertiary/aromatic N) is 2. The topological polar surface area (TPSA) is 110 Å². The lowest BCUT2D eigenvalue weighted by atomic mass is 10.1. The number of carbonyl (C=O) groups is 1. The number of sulfone groups is 1. The second-order valence-electron chi connectivity index (χ2n) is 6.95. The second kappa shape index (κ2) is 9.21. The average Bonchev–Trinajstić information content (AvgIpc) is 3.54. The number of amides is 1. The lowest BCUT2D eigenvalue weighted by Crippen LogP contribution is -2.25. The van der Waals surface area contributed by atoms with Crippen LogP contribution >= 0.6 is 0 Å². The maximum atomic E-state index is 14.2. The van der Waals surface area contributed by atoms with E-state index in [1.54, 1.807) is 12.1 Å². The van der Waals surface area contributed by atoms with Gasteiger partial charge in [-0.3, -0.25) is 4.79 Å². The van der Waals surface area contributed by atoms with Crippen LogP contribution in [0.15, 0.2) is 35.9 Å². The maximum Gasteiger partial charge on any atom is 0.256 e. The van der Waals surface area contributed by atoms with Gasteiger partial charge < -0.3 is 15.4 Å². The number of halogens is 1. The van der Waals surface area contributed by atoms with Gasteiger partial charge in [0, 0.05) is 42.4 Å². The Morgan fingerprint density at radius 1 is 1.37 bits per heavy atom. The van der Waals surface area contributed by atoms with E-state index in [0.29, 0.717) is 17.1 Å². The molecular formula is C20H23FN4O4S. The monoisotopic (exact) mass is 434 g/mol. The first kappa shape index (κ1) is 21.7. The number of nitrogens with one attached hydrogen (secondary N) is 2. The van der Waals surface area contributed by atoms with Crippen LogP contribution in [0.3, 0.4) is 0 Å². The van der Waals surface area contributed by atoms with Crippen molar-refractivity contribution in [1.82, 2.24) is 15.3 Å². The predicted molar refractivity (Wildman–Crippen MR) is 111 cm³/mol. The molecule has 30 heavy (non-hydrogen) atoms. The molecule has 1 aliphatic rings. The summed E-state index contributed by atoms with van der Waals surface area (Å²) >= 11 is 0. The first-order chi connectivity index (χ1) is 14.3. The van der Waals surface area contributed by atoms with Crippen molar-refractivity contribution in [3.8, 4) is 5.75 Å². The number of rotatable bonds is 9. The molecule has 0 unspecified atom stereocenters. The van der Waals surface area contributed by atoms with Crippen molar-refractivity contribution in [3.05, 3.63) is 58.6 Å². The van der Waals surface area contributed by atoms with E-state index in [2.05, 4.69) is 20.6 Å². The molecule has 3 rings (SSSR count). The Kier molecular flexibility index (Phi) is 6.66. The highest BCUT2D eigenvalue weighted by Gasteiger charge is 2.28. The molecule has 0 aliphatic heterocycles. The Hall–Kier alpha value is -3.01. The summed E-state index contributed by atoms with van der Waals surface area (Å²) in [5, 5.41) is 6.63. The van der Waals surface area contributed by atoms with E-state index in [1.807, 2.05) is 0 Å². The largest absolute Gasteiger partial charge is 0.496 e. The third-order valence-electron chi connectivity index (χ3n) is 4.45. The third kappa shape index (κ3) is 5.76. The zero-order valence-electron chi connectivity index (χ0n) is 16.7. The standard InChI is InChI=1S/C20H23FN4O4S/c1-29-17-6-3-5-16(21)14(17)11-24-19-15(12-23-18(25-19)13-7-8-13)20(26)22-9-4-10-30(2,27)28/h3-6,10,12-13H,7-9,11H2,1-2H3,(H,22,26)(H,23,24,25)/b10-4+. The molecule has 1 aromatic carbocycles. The molecule has 1 aliphatic carbocycles. The third-order valence-corrected chi connectivity index (χ3v) is 5.13.